The van der Waals surface area contributed by atoms with Crippen LogP contribution in [0.3, 0.4) is 0 Å². The summed E-state index contributed by atoms with van der Waals surface area (Å²) in [7, 11) is -0.686. The summed E-state index contributed by atoms with van der Waals surface area (Å²) in [4.78, 5) is 14.1. The molecule has 1 spiro atoms. The third-order valence-electron chi connectivity index (χ3n) is 8.48. The van der Waals surface area contributed by atoms with Crippen LogP contribution in [-0.2, 0) is 38.1 Å². The highest BCUT2D eigenvalue weighted by Gasteiger charge is 2.60. The van der Waals surface area contributed by atoms with Crippen LogP contribution in [0.5, 0.6) is 11.5 Å². The number of piperidine rings is 1. The molecule has 3 N–H and O–H groups in total. The van der Waals surface area contributed by atoms with Gasteiger partial charge in [-0.3, -0.25) is 10.1 Å². The molecule has 0 bridgehead atoms. The number of amides is 1. The van der Waals surface area contributed by atoms with Crippen LogP contribution in [0, 0.1) is 0 Å². The maximum Gasteiger partial charge on any atom is 0.321 e. The average Bonchev–Trinajstić information content (AvgIpc) is 3.29. The Morgan fingerprint density at radius 2 is 1.60 bits per heavy atom. The van der Waals surface area contributed by atoms with Gasteiger partial charge in [0.2, 0.25) is 0 Å². The second kappa shape index (κ2) is 13.0. The van der Waals surface area contributed by atoms with E-state index in [4.69, 9.17) is 14.2 Å². The SMILES string of the molecule is COc1cc(CNC(COCc2ccccc2)C(=O)N[N+]2(S(C)(=O)=O)CC3(CCNCC3)c3ccccc32)cc(OC)c1. The number of sulfonamides is 1. The molecule has 11 heteroatoms. The molecule has 1 amide bonds. The van der Waals surface area contributed by atoms with Crippen LogP contribution in [0.15, 0.2) is 72.8 Å². The minimum atomic E-state index is -3.85. The van der Waals surface area contributed by atoms with Crippen molar-refractivity contribution >= 4 is 21.6 Å². The summed E-state index contributed by atoms with van der Waals surface area (Å²) in [5, 5.41) is 6.69. The minimum absolute atomic E-state index is 0.0301. The lowest BCUT2D eigenvalue weighted by Gasteiger charge is -2.36. The molecule has 5 rings (SSSR count). The number of fused-ring (bicyclic) bond motifs is 2. The number of methoxy groups -OCH3 is 2. The van der Waals surface area contributed by atoms with E-state index >= 15 is 0 Å². The molecule has 0 aliphatic carbocycles. The highest BCUT2D eigenvalue weighted by atomic mass is 32.2. The lowest BCUT2D eigenvalue weighted by molar-refractivity contribution is -0.127. The number of hydrogen-bond acceptors (Lipinski definition) is 8. The van der Waals surface area contributed by atoms with Crippen molar-refractivity contribution in [2.45, 2.75) is 37.5 Å². The first-order valence-electron chi connectivity index (χ1n) is 14.5. The number of ether oxygens (including phenoxy) is 3. The number of para-hydroxylation sites is 1. The van der Waals surface area contributed by atoms with Gasteiger partial charge in [0.15, 0.2) is 5.69 Å². The van der Waals surface area contributed by atoms with E-state index in [2.05, 4.69) is 16.1 Å². The fraction of sp³-hybridized carbons (Fsp3) is 0.406. The zero-order valence-electron chi connectivity index (χ0n) is 25.0. The maximum atomic E-state index is 14.1. The Bertz CT molecular complexity index is 1510. The van der Waals surface area contributed by atoms with E-state index in [-0.39, 0.29) is 18.6 Å². The molecule has 3 aromatic rings. The molecule has 43 heavy (non-hydrogen) atoms. The van der Waals surface area contributed by atoms with Crippen LogP contribution in [-0.4, -0.2) is 67.1 Å². The molecule has 0 saturated carbocycles. The van der Waals surface area contributed by atoms with E-state index in [9.17, 15) is 13.2 Å². The third kappa shape index (κ3) is 6.56. The van der Waals surface area contributed by atoms with Crippen molar-refractivity contribution in [2.24, 2.45) is 0 Å². The molecule has 2 unspecified atom stereocenters. The van der Waals surface area contributed by atoms with Gasteiger partial charge in [-0.1, -0.05) is 52.5 Å². The van der Waals surface area contributed by atoms with Gasteiger partial charge in [-0.05, 0) is 49.2 Å². The number of quaternary nitrogens is 1. The van der Waals surface area contributed by atoms with Crippen LogP contribution >= 0.6 is 0 Å². The first-order chi connectivity index (χ1) is 20.7. The fourth-order valence-corrected chi connectivity index (χ4v) is 7.46. The van der Waals surface area contributed by atoms with Gasteiger partial charge in [-0.2, -0.15) is 13.8 Å². The zero-order chi connectivity index (χ0) is 30.5. The van der Waals surface area contributed by atoms with Crippen molar-refractivity contribution in [3.8, 4) is 11.5 Å². The second-order valence-electron chi connectivity index (χ2n) is 11.3. The normalized spacial score (nSPS) is 19.9. The second-order valence-corrected chi connectivity index (χ2v) is 13.4. The van der Waals surface area contributed by atoms with Crippen molar-refractivity contribution in [1.29, 1.82) is 0 Å². The summed E-state index contributed by atoms with van der Waals surface area (Å²) in [5.74, 6) is 0.786. The average molecular weight is 610 g/mol. The molecular formula is C32H41N4O6S+. The highest BCUT2D eigenvalue weighted by molar-refractivity contribution is 7.90. The van der Waals surface area contributed by atoms with Gasteiger partial charge in [0, 0.05) is 24.2 Å². The Morgan fingerprint density at radius 3 is 2.26 bits per heavy atom. The van der Waals surface area contributed by atoms with Crippen molar-refractivity contribution in [3.63, 3.8) is 0 Å². The van der Waals surface area contributed by atoms with Crippen molar-refractivity contribution in [3.05, 3.63) is 89.5 Å². The van der Waals surface area contributed by atoms with E-state index in [1.54, 1.807) is 20.3 Å². The van der Waals surface area contributed by atoms with E-state index < -0.39 is 26.0 Å². The highest BCUT2D eigenvalue weighted by Crippen LogP contribution is 2.50. The lowest BCUT2D eigenvalue weighted by Crippen LogP contribution is -2.68. The van der Waals surface area contributed by atoms with Gasteiger partial charge in [-0.15, -0.1) is 0 Å². The predicted molar refractivity (Wildman–Crippen MR) is 166 cm³/mol. The number of nitrogens with one attached hydrogen (secondary N) is 3. The van der Waals surface area contributed by atoms with Gasteiger partial charge < -0.3 is 19.5 Å². The summed E-state index contributed by atoms with van der Waals surface area (Å²) in [6.45, 7) is 2.45. The fourth-order valence-electron chi connectivity index (χ4n) is 6.21. The summed E-state index contributed by atoms with van der Waals surface area (Å²) in [6, 6.07) is 21.9. The molecule has 3 aromatic carbocycles. The molecule has 1 saturated heterocycles. The first kappa shape index (κ1) is 31.0. The smallest absolute Gasteiger partial charge is 0.321 e. The molecule has 0 radical (unpaired) electrons. The van der Waals surface area contributed by atoms with Crippen molar-refractivity contribution < 1.29 is 27.4 Å². The van der Waals surface area contributed by atoms with Crippen molar-refractivity contribution in [1.82, 2.24) is 20.1 Å². The Morgan fingerprint density at radius 1 is 0.953 bits per heavy atom. The van der Waals surface area contributed by atoms with E-state index in [0.29, 0.717) is 30.3 Å². The minimum Gasteiger partial charge on any atom is -0.497 e. The molecule has 230 valence electrons. The Hall–Kier alpha value is -3.48. The summed E-state index contributed by atoms with van der Waals surface area (Å²) in [5.41, 5.74) is 6.02. The van der Waals surface area contributed by atoms with Crippen LogP contribution in [0.4, 0.5) is 5.69 Å². The van der Waals surface area contributed by atoms with Gasteiger partial charge in [0.25, 0.3) is 5.91 Å². The largest absolute Gasteiger partial charge is 0.497 e. The monoisotopic (exact) mass is 609 g/mol. The Labute approximate surface area is 253 Å². The van der Waals surface area contributed by atoms with Crippen molar-refractivity contribution in [2.75, 3.05) is 46.7 Å². The molecule has 10 nitrogen and oxygen atoms in total. The number of nitrogens with zero attached hydrogens (tertiary/aromatic N) is 1. The Balaban J connectivity index is 1.43. The number of carbonyl (C=O) groups excluding carboxylic acids is 1. The van der Waals surface area contributed by atoms with Gasteiger partial charge in [-0.25, -0.2) is 0 Å². The van der Waals surface area contributed by atoms with E-state index in [1.165, 1.54) is 6.26 Å². The topological polar surface area (TPSA) is 115 Å². The first-order valence-corrected chi connectivity index (χ1v) is 16.3. The molecule has 0 aromatic heterocycles. The number of rotatable bonds is 12. The standard InChI is InChI=1S/C32H40N4O6S/c1-40-26-17-25(18-27(19-26)41-2)20-34-29(22-42-21-24-9-5-4-6-10-24)31(37)35-36(43(3,38)39)23-32(13-15-33-16-14-32)28-11-7-8-12-30(28)36/h4-12,17-19,29,33-34H,13-16,20-23H2,1-3H3/p+1. The third-order valence-corrected chi connectivity index (χ3v) is 10.0. The molecular weight excluding hydrogens is 568 g/mol. The van der Waals surface area contributed by atoms with E-state index in [0.717, 1.165) is 42.6 Å². The summed E-state index contributed by atoms with van der Waals surface area (Å²) in [6.07, 6.45) is 2.77. The summed E-state index contributed by atoms with van der Waals surface area (Å²) < 4.78 is 43.6. The van der Waals surface area contributed by atoms with Gasteiger partial charge in [0.1, 0.15) is 24.1 Å². The molecule has 1 fully saturated rings. The van der Waals surface area contributed by atoms with Gasteiger partial charge >= 0.3 is 10.0 Å². The predicted octanol–water partition coefficient (Wildman–Crippen LogP) is 3.01. The lowest BCUT2D eigenvalue weighted by atomic mass is 9.75. The molecule has 2 atom stereocenters. The number of benzene rings is 3. The number of hydrogen-bond donors (Lipinski definition) is 3. The zero-order valence-corrected chi connectivity index (χ0v) is 25.8. The maximum absolute atomic E-state index is 14.1. The number of carbonyl (C=O) groups is 1. The quantitative estimate of drug-likeness (QED) is 0.269. The Kier molecular flexibility index (Phi) is 9.38. The van der Waals surface area contributed by atoms with Crippen LogP contribution < -0.4 is 29.5 Å². The van der Waals surface area contributed by atoms with Gasteiger partial charge in [0.05, 0.1) is 39.1 Å². The van der Waals surface area contributed by atoms with E-state index in [1.807, 2.05) is 66.7 Å². The molecule has 2 aliphatic heterocycles. The summed E-state index contributed by atoms with van der Waals surface area (Å²) >= 11 is 0. The van der Waals surface area contributed by atoms with Crippen LogP contribution in [0.25, 0.3) is 0 Å². The van der Waals surface area contributed by atoms with Crippen LogP contribution in [0.2, 0.25) is 0 Å². The molecule has 2 aliphatic rings. The molecule has 2 heterocycles. The van der Waals surface area contributed by atoms with Crippen LogP contribution in [0.1, 0.15) is 29.5 Å².